The molecule has 146 valence electrons. The van der Waals surface area contributed by atoms with Crippen molar-refractivity contribution in [1.29, 1.82) is 0 Å². The number of hydrogen-bond donors (Lipinski definition) is 0. The van der Waals surface area contributed by atoms with Crippen molar-refractivity contribution in [2.75, 3.05) is 6.61 Å². The van der Waals surface area contributed by atoms with Crippen molar-refractivity contribution < 1.29 is 4.74 Å². The Morgan fingerprint density at radius 2 is 1.59 bits per heavy atom. The van der Waals surface area contributed by atoms with Crippen molar-refractivity contribution in [2.24, 2.45) is 0 Å². The van der Waals surface area contributed by atoms with Gasteiger partial charge in [0.15, 0.2) is 0 Å². The molecule has 4 rings (SSSR count). The Kier molecular flexibility index (Phi) is 6.21. The van der Waals surface area contributed by atoms with Gasteiger partial charge in [-0.25, -0.2) is 0 Å². The third-order valence-corrected chi connectivity index (χ3v) is 6.68. The van der Waals surface area contributed by atoms with Crippen LogP contribution in [0.2, 0.25) is 0 Å². The summed E-state index contributed by atoms with van der Waals surface area (Å²) in [4.78, 5) is 2.71. The van der Waals surface area contributed by atoms with Crippen LogP contribution in [0.1, 0.15) is 81.8 Å². The fourth-order valence-corrected chi connectivity index (χ4v) is 5.22. The van der Waals surface area contributed by atoms with Gasteiger partial charge in [0.05, 0.1) is 6.61 Å². The maximum Gasteiger partial charge on any atom is 0.123 e. The van der Waals surface area contributed by atoms with Gasteiger partial charge >= 0.3 is 0 Å². The van der Waals surface area contributed by atoms with E-state index in [2.05, 4.69) is 41.8 Å². The molecule has 0 bridgehead atoms. The maximum absolute atomic E-state index is 5.84. The van der Waals surface area contributed by atoms with Crippen LogP contribution in [-0.2, 0) is 6.42 Å². The van der Waals surface area contributed by atoms with E-state index in [1.165, 1.54) is 81.0 Å². The van der Waals surface area contributed by atoms with E-state index in [1.54, 1.807) is 0 Å². The van der Waals surface area contributed by atoms with E-state index in [4.69, 9.17) is 4.74 Å². The Morgan fingerprint density at radius 1 is 0.926 bits per heavy atom. The number of fused-ring (bicyclic) bond motifs is 1. The molecule has 0 radical (unpaired) electrons. The molecule has 1 heterocycles. The minimum Gasteiger partial charge on any atom is -0.493 e. The van der Waals surface area contributed by atoms with Gasteiger partial charge in [0.2, 0.25) is 0 Å². The lowest BCUT2D eigenvalue weighted by Gasteiger charge is -2.43. The molecule has 3 aliphatic rings. The fourth-order valence-electron chi connectivity index (χ4n) is 5.22. The largest absolute Gasteiger partial charge is 0.493 e. The zero-order valence-electron chi connectivity index (χ0n) is 16.8. The lowest BCUT2D eigenvalue weighted by molar-refractivity contribution is 0.124. The molecule has 2 saturated carbocycles. The lowest BCUT2D eigenvalue weighted by atomic mass is 9.88. The minimum atomic E-state index is 0.700. The Bertz CT molecular complexity index is 647. The first-order valence-corrected chi connectivity index (χ1v) is 11.2. The average Bonchev–Trinajstić information content (AvgIpc) is 2.74. The molecule has 0 spiro atoms. The highest BCUT2D eigenvalue weighted by Crippen LogP contribution is 2.33. The van der Waals surface area contributed by atoms with Crippen molar-refractivity contribution in [3.63, 3.8) is 0 Å². The van der Waals surface area contributed by atoms with Gasteiger partial charge in [-0.3, -0.25) is 0 Å². The van der Waals surface area contributed by atoms with Gasteiger partial charge in [0.1, 0.15) is 5.75 Å². The molecule has 2 heteroatoms. The van der Waals surface area contributed by atoms with Crippen molar-refractivity contribution >= 4 is 6.08 Å². The van der Waals surface area contributed by atoms with Crippen molar-refractivity contribution in [3.8, 4) is 5.75 Å². The Morgan fingerprint density at radius 3 is 2.26 bits per heavy atom. The van der Waals surface area contributed by atoms with Crippen LogP contribution in [-0.4, -0.2) is 23.6 Å². The van der Waals surface area contributed by atoms with Crippen LogP contribution >= 0.6 is 0 Å². The molecule has 0 aromatic heterocycles. The molecule has 1 aromatic rings. The van der Waals surface area contributed by atoms with Crippen LogP contribution in [0.15, 0.2) is 36.6 Å². The van der Waals surface area contributed by atoms with E-state index in [0.29, 0.717) is 12.1 Å². The van der Waals surface area contributed by atoms with E-state index < -0.39 is 0 Å². The summed E-state index contributed by atoms with van der Waals surface area (Å²) in [5, 5.41) is 0. The first-order chi connectivity index (χ1) is 13.3. The summed E-state index contributed by atoms with van der Waals surface area (Å²) >= 11 is 0. The number of allylic oxidation sites excluding steroid dienone is 1. The topological polar surface area (TPSA) is 12.5 Å². The highest BCUT2D eigenvalue weighted by Gasteiger charge is 2.28. The standard InChI is InChI=1S/C25H35NO/c1-20(14-15-21-16-17-22-9-8-18-27-25(22)19-21)26(23-10-4-2-5-11-23)24-12-6-3-7-13-24/h14-17,19,23-24H,1-13,18H2/b15-14+. The first kappa shape index (κ1) is 18.7. The molecule has 0 unspecified atom stereocenters. The third kappa shape index (κ3) is 4.59. The number of benzene rings is 1. The summed E-state index contributed by atoms with van der Waals surface area (Å²) in [6, 6.07) is 8.06. The highest BCUT2D eigenvalue weighted by atomic mass is 16.5. The number of hydrogen-bond acceptors (Lipinski definition) is 2. The minimum absolute atomic E-state index is 0.700. The van der Waals surface area contributed by atoms with Crippen molar-refractivity contribution in [2.45, 2.75) is 89.1 Å². The van der Waals surface area contributed by atoms with E-state index >= 15 is 0 Å². The van der Waals surface area contributed by atoms with Crippen LogP contribution in [0, 0.1) is 0 Å². The van der Waals surface area contributed by atoms with Gasteiger partial charge in [0.25, 0.3) is 0 Å². The second-order valence-corrected chi connectivity index (χ2v) is 8.63. The zero-order valence-corrected chi connectivity index (χ0v) is 16.8. The second-order valence-electron chi connectivity index (χ2n) is 8.63. The molecule has 1 aliphatic heterocycles. The number of nitrogens with zero attached hydrogens (tertiary/aromatic N) is 1. The number of aryl methyl sites for hydroxylation is 1. The molecular weight excluding hydrogens is 330 g/mol. The van der Waals surface area contributed by atoms with Gasteiger partial charge in [-0.2, -0.15) is 0 Å². The zero-order chi connectivity index (χ0) is 18.5. The monoisotopic (exact) mass is 365 g/mol. The molecule has 2 nitrogen and oxygen atoms in total. The quantitative estimate of drug-likeness (QED) is 0.552. The summed E-state index contributed by atoms with van der Waals surface area (Å²) in [5.41, 5.74) is 3.79. The van der Waals surface area contributed by atoms with Crippen LogP contribution in [0.25, 0.3) is 6.08 Å². The van der Waals surface area contributed by atoms with E-state index in [1.807, 2.05) is 0 Å². The van der Waals surface area contributed by atoms with Crippen LogP contribution in [0.4, 0.5) is 0 Å². The summed E-state index contributed by atoms with van der Waals surface area (Å²) in [6.45, 7) is 5.37. The number of rotatable bonds is 5. The summed E-state index contributed by atoms with van der Waals surface area (Å²) < 4.78 is 5.84. The predicted molar refractivity (Wildman–Crippen MR) is 114 cm³/mol. The van der Waals surface area contributed by atoms with Crippen LogP contribution in [0.5, 0.6) is 5.75 Å². The van der Waals surface area contributed by atoms with Gasteiger partial charge < -0.3 is 9.64 Å². The maximum atomic E-state index is 5.84. The summed E-state index contributed by atoms with van der Waals surface area (Å²) in [6.07, 6.45) is 20.5. The molecule has 2 fully saturated rings. The van der Waals surface area contributed by atoms with Crippen molar-refractivity contribution in [1.82, 2.24) is 4.90 Å². The normalized spacial score (nSPS) is 21.6. The SMILES string of the molecule is C=C(/C=C/c1ccc2c(c1)OCCC2)N(C1CCCCC1)C1CCCCC1. The Hall–Kier alpha value is -1.70. The summed E-state index contributed by atoms with van der Waals surface area (Å²) in [5.74, 6) is 1.07. The molecular formula is C25H35NO. The predicted octanol–water partition coefficient (Wildman–Crippen LogP) is 6.51. The van der Waals surface area contributed by atoms with Gasteiger partial charge in [-0.15, -0.1) is 0 Å². The van der Waals surface area contributed by atoms with Crippen LogP contribution < -0.4 is 4.74 Å². The molecule has 0 N–H and O–H groups in total. The van der Waals surface area contributed by atoms with E-state index in [9.17, 15) is 0 Å². The Balaban J connectivity index is 1.49. The third-order valence-electron chi connectivity index (χ3n) is 6.68. The van der Waals surface area contributed by atoms with Gasteiger partial charge in [0, 0.05) is 17.8 Å². The summed E-state index contributed by atoms with van der Waals surface area (Å²) in [7, 11) is 0. The fraction of sp³-hybridized carbons (Fsp3) is 0.600. The lowest BCUT2D eigenvalue weighted by Crippen LogP contribution is -2.43. The Labute approximate surface area is 165 Å². The molecule has 1 aromatic carbocycles. The molecule has 27 heavy (non-hydrogen) atoms. The first-order valence-electron chi connectivity index (χ1n) is 11.2. The van der Waals surface area contributed by atoms with E-state index in [-0.39, 0.29) is 0 Å². The molecule has 2 aliphatic carbocycles. The smallest absolute Gasteiger partial charge is 0.123 e. The molecule has 0 amide bonds. The second kappa shape index (κ2) is 8.99. The molecule has 0 atom stereocenters. The van der Waals surface area contributed by atoms with E-state index in [0.717, 1.165) is 25.2 Å². The van der Waals surface area contributed by atoms with Crippen molar-refractivity contribution in [3.05, 3.63) is 47.7 Å². The van der Waals surface area contributed by atoms with Gasteiger partial charge in [-0.05, 0) is 61.8 Å². The number of ether oxygens (including phenoxy) is 1. The van der Waals surface area contributed by atoms with Crippen LogP contribution in [0.3, 0.4) is 0 Å². The molecule has 0 saturated heterocycles. The average molecular weight is 366 g/mol. The highest BCUT2D eigenvalue weighted by molar-refractivity contribution is 5.56. The van der Waals surface area contributed by atoms with Gasteiger partial charge in [-0.1, -0.05) is 63.3 Å².